The third kappa shape index (κ3) is 3.92. The molecule has 1 aromatic rings. The Morgan fingerprint density at radius 2 is 1.89 bits per heavy atom. The lowest BCUT2D eigenvalue weighted by Crippen LogP contribution is -2.32. The highest BCUT2D eigenvalue weighted by atomic mass is 16.5. The minimum atomic E-state index is -0.549. The summed E-state index contributed by atoms with van der Waals surface area (Å²) in [7, 11) is 0. The summed E-state index contributed by atoms with van der Waals surface area (Å²) in [6, 6.07) is 4.71. The lowest BCUT2D eigenvalue weighted by Gasteiger charge is -2.13. The topological polar surface area (TPSA) is 73.6 Å². The molecule has 1 amide bonds. The van der Waals surface area contributed by atoms with Crippen LogP contribution in [0.2, 0.25) is 0 Å². The van der Waals surface area contributed by atoms with Gasteiger partial charge < -0.3 is 20.5 Å². The molecule has 0 bridgehead atoms. The van der Waals surface area contributed by atoms with Crippen molar-refractivity contribution in [2.24, 2.45) is 5.73 Å². The van der Waals surface area contributed by atoms with Crippen molar-refractivity contribution in [1.82, 2.24) is 0 Å². The number of rotatable bonds is 6. The third-order valence-electron chi connectivity index (χ3n) is 2.22. The monoisotopic (exact) mass is 252 g/mol. The number of nitrogens with one attached hydrogen (secondary N) is 1. The molecule has 5 heteroatoms. The molecule has 0 radical (unpaired) electrons. The molecule has 1 rings (SSSR count). The molecular formula is C13H20N2O3. The fraction of sp³-hybridized carbons (Fsp3) is 0.462. The Morgan fingerprint density at radius 1 is 1.28 bits per heavy atom. The normalized spacial score (nSPS) is 11.8. The van der Waals surface area contributed by atoms with Gasteiger partial charge in [0.1, 0.15) is 0 Å². The Labute approximate surface area is 107 Å². The van der Waals surface area contributed by atoms with E-state index in [-0.39, 0.29) is 5.91 Å². The minimum absolute atomic E-state index is 0.235. The summed E-state index contributed by atoms with van der Waals surface area (Å²) in [6.07, 6.45) is 0. The van der Waals surface area contributed by atoms with Crippen LogP contribution in [0.4, 0.5) is 5.69 Å². The van der Waals surface area contributed by atoms with Gasteiger partial charge in [-0.1, -0.05) is 0 Å². The molecule has 18 heavy (non-hydrogen) atoms. The molecule has 0 aliphatic heterocycles. The number of ether oxygens (including phenoxy) is 2. The number of anilines is 1. The van der Waals surface area contributed by atoms with Crippen LogP contribution in [0.1, 0.15) is 20.8 Å². The maximum atomic E-state index is 11.5. The first-order chi connectivity index (χ1) is 8.58. The zero-order chi connectivity index (χ0) is 13.5. The molecule has 0 spiro atoms. The molecule has 0 aromatic heterocycles. The molecule has 1 aromatic carbocycles. The van der Waals surface area contributed by atoms with E-state index in [4.69, 9.17) is 15.2 Å². The molecule has 0 unspecified atom stereocenters. The second-order valence-corrected chi connectivity index (χ2v) is 3.81. The van der Waals surface area contributed by atoms with Crippen LogP contribution in [-0.4, -0.2) is 25.2 Å². The molecule has 0 saturated heterocycles. The zero-order valence-corrected chi connectivity index (χ0v) is 11.0. The number of carbonyl (C=O) groups excluding carboxylic acids is 1. The summed E-state index contributed by atoms with van der Waals surface area (Å²) in [5.41, 5.74) is 6.13. The highest BCUT2D eigenvalue weighted by Crippen LogP contribution is 2.30. The van der Waals surface area contributed by atoms with E-state index < -0.39 is 6.04 Å². The summed E-state index contributed by atoms with van der Waals surface area (Å²) < 4.78 is 10.9. The number of carbonyl (C=O) groups is 1. The molecule has 5 nitrogen and oxygen atoms in total. The summed E-state index contributed by atoms with van der Waals surface area (Å²) in [5, 5.41) is 2.71. The van der Waals surface area contributed by atoms with Gasteiger partial charge in [0, 0.05) is 11.8 Å². The van der Waals surface area contributed by atoms with Gasteiger partial charge in [-0.25, -0.2) is 0 Å². The number of benzene rings is 1. The van der Waals surface area contributed by atoms with Gasteiger partial charge in [0.25, 0.3) is 0 Å². The van der Waals surface area contributed by atoms with E-state index in [9.17, 15) is 4.79 Å². The lowest BCUT2D eigenvalue weighted by molar-refractivity contribution is -0.117. The first kappa shape index (κ1) is 14.3. The van der Waals surface area contributed by atoms with Gasteiger partial charge in [0.05, 0.1) is 19.3 Å². The van der Waals surface area contributed by atoms with E-state index in [0.717, 1.165) is 0 Å². The van der Waals surface area contributed by atoms with Crippen molar-refractivity contribution in [3.8, 4) is 11.5 Å². The molecule has 100 valence electrons. The van der Waals surface area contributed by atoms with Crippen LogP contribution < -0.4 is 20.5 Å². The molecule has 1 atom stereocenters. The van der Waals surface area contributed by atoms with Crippen LogP contribution in [0.25, 0.3) is 0 Å². The maximum absolute atomic E-state index is 11.5. The van der Waals surface area contributed by atoms with Crippen LogP contribution in [0, 0.1) is 0 Å². The highest BCUT2D eigenvalue weighted by Gasteiger charge is 2.10. The Hall–Kier alpha value is -1.75. The van der Waals surface area contributed by atoms with E-state index in [1.54, 1.807) is 25.1 Å². The quantitative estimate of drug-likeness (QED) is 0.809. The van der Waals surface area contributed by atoms with Gasteiger partial charge >= 0.3 is 0 Å². The maximum Gasteiger partial charge on any atom is 0.241 e. The largest absolute Gasteiger partial charge is 0.490 e. The minimum Gasteiger partial charge on any atom is -0.490 e. The van der Waals surface area contributed by atoms with Crippen LogP contribution in [-0.2, 0) is 4.79 Å². The van der Waals surface area contributed by atoms with Crippen molar-refractivity contribution >= 4 is 11.6 Å². The second kappa shape index (κ2) is 6.86. The first-order valence-corrected chi connectivity index (χ1v) is 6.04. The summed E-state index contributed by atoms with van der Waals surface area (Å²) in [6.45, 7) is 6.52. The standard InChI is InChI=1S/C13H20N2O3/c1-4-17-11-7-6-10(8-12(11)18-5-2)15-13(16)9(3)14/h6-9H,4-5,14H2,1-3H3,(H,15,16)/t9-/m1/s1. The first-order valence-electron chi connectivity index (χ1n) is 6.04. The molecule has 0 aliphatic rings. The van der Waals surface area contributed by atoms with Gasteiger partial charge in [-0.15, -0.1) is 0 Å². The van der Waals surface area contributed by atoms with Crippen LogP contribution in [0.3, 0.4) is 0 Å². The number of amides is 1. The molecule has 0 heterocycles. The molecule has 0 fully saturated rings. The summed E-state index contributed by atoms with van der Waals surface area (Å²) in [5.74, 6) is 1.04. The van der Waals surface area contributed by atoms with Crippen molar-refractivity contribution in [1.29, 1.82) is 0 Å². The smallest absolute Gasteiger partial charge is 0.241 e. The van der Waals surface area contributed by atoms with Crippen LogP contribution >= 0.6 is 0 Å². The van der Waals surface area contributed by atoms with E-state index in [0.29, 0.717) is 30.4 Å². The molecule has 0 saturated carbocycles. The lowest BCUT2D eigenvalue weighted by atomic mass is 10.2. The Balaban J connectivity index is 2.88. The third-order valence-corrected chi connectivity index (χ3v) is 2.22. The Kier molecular flexibility index (Phi) is 5.45. The summed E-state index contributed by atoms with van der Waals surface area (Å²) >= 11 is 0. The predicted octanol–water partition coefficient (Wildman–Crippen LogP) is 1.77. The average molecular weight is 252 g/mol. The fourth-order valence-electron chi connectivity index (χ4n) is 1.38. The fourth-order valence-corrected chi connectivity index (χ4v) is 1.38. The highest BCUT2D eigenvalue weighted by molar-refractivity contribution is 5.94. The van der Waals surface area contributed by atoms with Crippen molar-refractivity contribution in [2.75, 3.05) is 18.5 Å². The van der Waals surface area contributed by atoms with Crippen LogP contribution in [0.15, 0.2) is 18.2 Å². The van der Waals surface area contributed by atoms with E-state index >= 15 is 0 Å². The predicted molar refractivity (Wildman–Crippen MR) is 71.1 cm³/mol. The molecule has 3 N–H and O–H groups in total. The van der Waals surface area contributed by atoms with E-state index in [2.05, 4.69) is 5.32 Å². The van der Waals surface area contributed by atoms with Crippen LogP contribution in [0.5, 0.6) is 11.5 Å². The molecule has 0 aliphatic carbocycles. The van der Waals surface area contributed by atoms with Crippen molar-refractivity contribution in [2.45, 2.75) is 26.8 Å². The summed E-state index contributed by atoms with van der Waals surface area (Å²) in [4.78, 5) is 11.5. The Morgan fingerprint density at radius 3 is 2.44 bits per heavy atom. The van der Waals surface area contributed by atoms with Crippen molar-refractivity contribution < 1.29 is 14.3 Å². The van der Waals surface area contributed by atoms with E-state index in [1.165, 1.54) is 0 Å². The SMILES string of the molecule is CCOc1ccc(NC(=O)[C@@H](C)N)cc1OCC. The number of hydrogen-bond donors (Lipinski definition) is 2. The van der Waals surface area contributed by atoms with Gasteiger partial charge in [-0.2, -0.15) is 0 Å². The number of hydrogen-bond acceptors (Lipinski definition) is 4. The Bertz CT molecular complexity index is 405. The van der Waals surface area contributed by atoms with Crippen molar-refractivity contribution in [3.05, 3.63) is 18.2 Å². The molecular weight excluding hydrogens is 232 g/mol. The zero-order valence-electron chi connectivity index (χ0n) is 11.0. The van der Waals surface area contributed by atoms with E-state index in [1.807, 2.05) is 13.8 Å². The van der Waals surface area contributed by atoms with Gasteiger partial charge in [-0.3, -0.25) is 4.79 Å². The number of nitrogens with two attached hydrogens (primary N) is 1. The van der Waals surface area contributed by atoms with Gasteiger partial charge in [-0.05, 0) is 32.9 Å². The average Bonchev–Trinajstić information content (AvgIpc) is 2.33. The van der Waals surface area contributed by atoms with Gasteiger partial charge in [0.15, 0.2) is 11.5 Å². The van der Waals surface area contributed by atoms with Gasteiger partial charge in [0.2, 0.25) is 5.91 Å². The second-order valence-electron chi connectivity index (χ2n) is 3.81. The van der Waals surface area contributed by atoms with Crippen molar-refractivity contribution in [3.63, 3.8) is 0 Å².